The first kappa shape index (κ1) is 22.7. The second-order valence-electron chi connectivity index (χ2n) is 6.75. The van der Waals surface area contributed by atoms with Crippen LogP contribution in [0.1, 0.15) is 30.5 Å². The van der Waals surface area contributed by atoms with E-state index < -0.39 is 0 Å². The first-order valence-electron chi connectivity index (χ1n) is 10.1. The fraction of sp³-hybridized carbons (Fsp3) is 0.304. The van der Waals surface area contributed by atoms with Gasteiger partial charge in [0, 0.05) is 30.6 Å². The lowest BCUT2D eigenvalue weighted by Crippen LogP contribution is -2.05. The molecular weight excluding hydrogens is 412 g/mol. The van der Waals surface area contributed by atoms with Crippen LogP contribution in [0.25, 0.3) is 0 Å². The van der Waals surface area contributed by atoms with E-state index in [1.54, 1.807) is 25.1 Å². The summed E-state index contributed by atoms with van der Waals surface area (Å²) in [7, 11) is 1.67. The molecule has 31 heavy (non-hydrogen) atoms. The molecular formula is C23H28N4O3S. The molecule has 3 aromatic rings. The first-order chi connectivity index (χ1) is 15.1. The van der Waals surface area contributed by atoms with Gasteiger partial charge in [-0.25, -0.2) is 0 Å². The summed E-state index contributed by atoms with van der Waals surface area (Å²) in [6.45, 7) is 9.07. The normalized spacial score (nSPS) is 10.7. The van der Waals surface area contributed by atoms with Crippen LogP contribution in [0.15, 0.2) is 57.7 Å². The third-order valence-electron chi connectivity index (χ3n) is 4.70. The van der Waals surface area contributed by atoms with Gasteiger partial charge in [0.2, 0.25) is 0 Å². The van der Waals surface area contributed by atoms with Crippen LogP contribution in [0, 0.1) is 0 Å². The molecule has 0 aliphatic rings. The number of methoxy groups -OCH3 is 1. The Morgan fingerprint density at radius 2 is 1.90 bits per heavy atom. The lowest BCUT2D eigenvalue weighted by Gasteiger charge is -2.16. The molecule has 0 atom stereocenters. The molecule has 0 radical (unpaired) electrons. The molecule has 0 spiro atoms. The zero-order valence-electron chi connectivity index (χ0n) is 18.1. The second kappa shape index (κ2) is 10.9. The van der Waals surface area contributed by atoms with E-state index in [2.05, 4.69) is 36.0 Å². The molecule has 0 unspecified atom stereocenters. The standard InChI is InChI=1S/C23H28N4O3S/c1-5-16-7-8-19(28-4)22(9-16)31-23-11-20(29-6-2)18(10-21(23)30-25-3)15-27-14-17(12-24)13-26-27/h7-11,13-14H,3,5-6,12,15,24H2,1-2,4H3. The van der Waals surface area contributed by atoms with E-state index in [-0.39, 0.29) is 0 Å². The van der Waals surface area contributed by atoms with Crippen LogP contribution in [-0.2, 0) is 19.5 Å². The molecule has 7 nitrogen and oxygen atoms in total. The van der Waals surface area contributed by atoms with Crippen molar-refractivity contribution in [2.45, 2.75) is 43.1 Å². The minimum atomic E-state index is 0.446. The van der Waals surface area contributed by atoms with E-state index in [1.807, 2.05) is 36.0 Å². The van der Waals surface area contributed by atoms with Crippen LogP contribution in [0.2, 0.25) is 0 Å². The molecule has 0 saturated heterocycles. The number of hydrogen-bond donors (Lipinski definition) is 1. The summed E-state index contributed by atoms with van der Waals surface area (Å²) in [6, 6.07) is 10.1. The van der Waals surface area contributed by atoms with Gasteiger partial charge in [-0.05, 0) is 43.2 Å². The minimum absolute atomic E-state index is 0.446. The summed E-state index contributed by atoms with van der Waals surface area (Å²) in [5.74, 6) is 2.15. The average Bonchev–Trinajstić information content (AvgIpc) is 3.24. The highest BCUT2D eigenvalue weighted by Crippen LogP contribution is 2.43. The lowest BCUT2D eigenvalue weighted by molar-refractivity contribution is 0.322. The van der Waals surface area contributed by atoms with Gasteiger partial charge in [-0.1, -0.05) is 29.9 Å². The van der Waals surface area contributed by atoms with Crippen molar-refractivity contribution in [2.24, 2.45) is 10.9 Å². The molecule has 0 fully saturated rings. The second-order valence-corrected chi connectivity index (χ2v) is 7.83. The van der Waals surface area contributed by atoms with Crippen molar-refractivity contribution in [3.05, 3.63) is 59.4 Å². The fourth-order valence-corrected chi connectivity index (χ4v) is 4.19. The van der Waals surface area contributed by atoms with Crippen molar-refractivity contribution in [3.63, 3.8) is 0 Å². The molecule has 3 rings (SSSR count). The molecule has 1 aromatic heterocycles. The van der Waals surface area contributed by atoms with Crippen molar-refractivity contribution < 1.29 is 14.3 Å². The maximum Gasteiger partial charge on any atom is 0.172 e. The Bertz CT molecular complexity index is 1040. The van der Waals surface area contributed by atoms with Gasteiger partial charge in [-0.3, -0.25) is 4.68 Å². The summed E-state index contributed by atoms with van der Waals surface area (Å²) in [6.07, 6.45) is 4.62. The minimum Gasteiger partial charge on any atom is -0.496 e. The molecule has 0 aliphatic carbocycles. The van der Waals surface area contributed by atoms with E-state index in [9.17, 15) is 0 Å². The van der Waals surface area contributed by atoms with E-state index in [1.165, 1.54) is 5.56 Å². The summed E-state index contributed by atoms with van der Waals surface area (Å²) < 4.78 is 13.3. The quantitative estimate of drug-likeness (QED) is 0.349. The summed E-state index contributed by atoms with van der Waals surface area (Å²) >= 11 is 1.54. The highest BCUT2D eigenvalue weighted by Gasteiger charge is 2.17. The Kier molecular flexibility index (Phi) is 7.97. The molecule has 0 bridgehead atoms. The van der Waals surface area contributed by atoms with Gasteiger partial charge in [0.15, 0.2) is 5.75 Å². The molecule has 164 valence electrons. The Labute approximate surface area is 187 Å². The van der Waals surface area contributed by atoms with Crippen LogP contribution < -0.4 is 20.0 Å². The van der Waals surface area contributed by atoms with Crippen molar-refractivity contribution in [2.75, 3.05) is 13.7 Å². The number of ether oxygens (including phenoxy) is 2. The van der Waals surface area contributed by atoms with Gasteiger partial charge >= 0.3 is 0 Å². The van der Waals surface area contributed by atoms with Crippen LogP contribution in [0.3, 0.4) is 0 Å². The third-order valence-corrected chi connectivity index (χ3v) is 5.78. The van der Waals surface area contributed by atoms with Gasteiger partial charge in [-0.15, -0.1) is 0 Å². The van der Waals surface area contributed by atoms with Crippen molar-refractivity contribution >= 4 is 18.5 Å². The molecule has 0 saturated carbocycles. The number of hydrogen-bond acceptors (Lipinski definition) is 7. The van der Waals surface area contributed by atoms with E-state index in [0.717, 1.165) is 38.8 Å². The van der Waals surface area contributed by atoms with Crippen molar-refractivity contribution in [3.8, 4) is 17.2 Å². The maximum absolute atomic E-state index is 5.94. The maximum atomic E-state index is 5.94. The van der Waals surface area contributed by atoms with Crippen molar-refractivity contribution in [1.82, 2.24) is 9.78 Å². The molecule has 0 amide bonds. The number of nitrogens with two attached hydrogens (primary N) is 1. The first-order valence-corrected chi connectivity index (χ1v) is 10.9. The van der Waals surface area contributed by atoms with Crippen LogP contribution in [0.5, 0.6) is 17.2 Å². The average molecular weight is 441 g/mol. The molecule has 8 heteroatoms. The molecule has 1 heterocycles. The van der Waals surface area contributed by atoms with Gasteiger partial charge in [-0.2, -0.15) is 5.10 Å². The highest BCUT2D eigenvalue weighted by atomic mass is 32.2. The highest BCUT2D eigenvalue weighted by molar-refractivity contribution is 7.99. The Balaban J connectivity index is 2.01. The van der Waals surface area contributed by atoms with Crippen molar-refractivity contribution in [1.29, 1.82) is 0 Å². The number of aryl methyl sites for hydroxylation is 1. The monoisotopic (exact) mass is 440 g/mol. The SMILES string of the molecule is C=NOc1cc(Cn2cc(CN)cn2)c(OCC)cc1Sc1cc(CC)ccc1OC. The van der Waals surface area contributed by atoms with Crippen LogP contribution in [-0.4, -0.2) is 30.2 Å². The predicted octanol–water partition coefficient (Wildman–Crippen LogP) is 4.51. The summed E-state index contributed by atoms with van der Waals surface area (Å²) in [5.41, 5.74) is 8.82. The summed E-state index contributed by atoms with van der Waals surface area (Å²) in [5, 5.41) is 8.03. The third kappa shape index (κ3) is 5.59. The predicted molar refractivity (Wildman–Crippen MR) is 124 cm³/mol. The summed E-state index contributed by atoms with van der Waals surface area (Å²) in [4.78, 5) is 7.37. The largest absolute Gasteiger partial charge is 0.496 e. The van der Waals surface area contributed by atoms with Crippen LogP contribution >= 0.6 is 11.8 Å². The smallest absolute Gasteiger partial charge is 0.172 e. The fourth-order valence-electron chi connectivity index (χ4n) is 3.13. The Morgan fingerprint density at radius 3 is 2.55 bits per heavy atom. The number of aromatic nitrogens is 2. The number of nitrogens with zero attached hydrogens (tertiary/aromatic N) is 3. The number of oxime groups is 1. The van der Waals surface area contributed by atoms with E-state index >= 15 is 0 Å². The van der Waals surface area contributed by atoms with E-state index in [0.29, 0.717) is 25.4 Å². The van der Waals surface area contributed by atoms with Gasteiger partial charge < -0.3 is 20.0 Å². The zero-order chi connectivity index (χ0) is 22.2. The molecule has 2 aromatic carbocycles. The van der Waals surface area contributed by atoms with Gasteiger partial charge in [0.25, 0.3) is 0 Å². The molecule has 2 N–H and O–H groups in total. The Hall–Kier alpha value is -2.97. The Morgan fingerprint density at radius 1 is 1.10 bits per heavy atom. The van der Waals surface area contributed by atoms with E-state index in [4.69, 9.17) is 20.0 Å². The molecule has 0 aliphatic heterocycles. The number of benzene rings is 2. The number of rotatable bonds is 11. The van der Waals surface area contributed by atoms with Crippen LogP contribution in [0.4, 0.5) is 0 Å². The topological polar surface area (TPSA) is 83.9 Å². The zero-order valence-corrected chi connectivity index (χ0v) is 18.9. The van der Waals surface area contributed by atoms with Gasteiger partial charge in [0.05, 0.1) is 36.2 Å². The lowest BCUT2D eigenvalue weighted by atomic mass is 10.2. The van der Waals surface area contributed by atoms with Gasteiger partial charge in [0.1, 0.15) is 11.5 Å².